The van der Waals surface area contributed by atoms with Crippen LogP contribution in [-0.4, -0.2) is 24.6 Å². The molecule has 0 saturated carbocycles. The standard InChI is InChI=1S/C22H17F2N3O2S/c1-30(28,29)27-19-5-3-2-4-18(19)15-7-8-20-21(12-15)26-22(25-20)9-6-14-10-16(23)13-17(24)11-14/h2-13,27H,1H3,(H,25,26)/b9-6+. The smallest absolute Gasteiger partial charge is 0.229 e. The minimum absolute atomic E-state index is 0.384. The van der Waals surface area contributed by atoms with Gasteiger partial charge in [0.25, 0.3) is 0 Å². The van der Waals surface area contributed by atoms with Gasteiger partial charge in [-0.1, -0.05) is 30.3 Å². The molecule has 2 N–H and O–H groups in total. The Morgan fingerprint density at radius 1 is 0.967 bits per heavy atom. The fraction of sp³-hybridized carbons (Fsp3) is 0.0455. The van der Waals surface area contributed by atoms with Gasteiger partial charge in [-0.15, -0.1) is 0 Å². The molecule has 0 atom stereocenters. The number of para-hydroxylation sites is 1. The van der Waals surface area contributed by atoms with Gasteiger partial charge in [-0.2, -0.15) is 0 Å². The van der Waals surface area contributed by atoms with Crippen LogP contribution < -0.4 is 4.72 Å². The summed E-state index contributed by atoms with van der Waals surface area (Å²) in [7, 11) is -3.42. The molecule has 3 aromatic carbocycles. The average Bonchev–Trinajstić information content (AvgIpc) is 3.07. The number of imidazole rings is 1. The Hall–Kier alpha value is -3.52. The predicted molar refractivity (Wildman–Crippen MR) is 115 cm³/mol. The second-order valence-electron chi connectivity index (χ2n) is 6.81. The van der Waals surface area contributed by atoms with Crippen LogP contribution in [0.2, 0.25) is 0 Å². The molecule has 0 spiro atoms. The van der Waals surface area contributed by atoms with Crippen molar-refractivity contribution in [2.45, 2.75) is 0 Å². The molecule has 0 saturated heterocycles. The first kappa shape index (κ1) is 19.8. The van der Waals surface area contributed by atoms with Gasteiger partial charge in [0.2, 0.25) is 10.0 Å². The van der Waals surface area contributed by atoms with Crippen molar-refractivity contribution in [2.24, 2.45) is 0 Å². The number of H-pyrrole nitrogens is 1. The number of aromatic nitrogens is 2. The zero-order valence-electron chi connectivity index (χ0n) is 15.9. The van der Waals surface area contributed by atoms with E-state index in [1.165, 1.54) is 12.1 Å². The van der Waals surface area contributed by atoms with Crippen molar-refractivity contribution < 1.29 is 17.2 Å². The Labute approximate surface area is 172 Å². The molecule has 5 nitrogen and oxygen atoms in total. The number of sulfonamides is 1. The molecule has 0 bridgehead atoms. The number of anilines is 1. The highest BCUT2D eigenvalue weighted by atomic mass is 32.2. The second-order valence-corrected chi connectivity index (χ2v) is 8.56. The molecule has 0 radical (unpaired) electrons. The molecule has 8 heteroatoms. The van der Waals surface area contributed by atoms with E-state index in [9.17, 15) is 17.2 Å². The Bertz CT molecular complexity index is 1360. The Morgan fingerprint density at radius 2 is 1.70 bits per heavy atom. The third-order valence-electron chi connectivity index (χ3n) is 4.35. The first-order chi connectivity index (χ1) is 14.3. The van der Waals surface area contributed by atoms with E-state index in [1.54, 1.807) is 24.3 Å². The number of aromatic amines is 1. The summed E-state index contributed by atoms with van der Waals surface area (Å²) < 4.78 is 52.5. The lowest BCUT2D eigenvalue weighted by Gasteiger charge is -2.10. The SMILES string of the molecule is CS(=O)(=O)Nc1ccccc1-c1ccc2[nH]c(/C=C/c3cc(F)cc(F)c3)nc2c1. The minimum Gasteiger partial charge on any atom is -0.338 e. The van der Waals surface area contributed by atoms with Gasteiger partial charge in [0.05, 0.1) is 23.0 Å². The zero-order valence-corrected chi connectivity index (χ0v) is 16.7. The van der Waals surface area contributed by atoms with Crippen LogP contribution in [0.1, 0.15) is 11.4 Å². The van der Waals surface area contributed by atoms with Crippen molar-refractivity contribution in [3.8, 4) is 11.1 Å². The molecule has 152 valence electrons. The van der Waals surface area contributed by atoms with Crippen molar-refractivity contribution in [1.29, 1.82) is 0 Å². The summed E-state index contributed by atoms with van der Waals surface area (Å²) in [6.45, 7) is 0. The number of halogens is 2. The van der Waals surface area contributed by atoms with Crippen molar-refractivity contribution >= 4 is 38.9 Å². The predicted octanol–water partition coefficient (Wildman–Crippen LogP) is 5.05. The number of hydrogen-bond acceptors (Lipinski definition) is 3. The zero-order chi connectivity index (χ0) is 21.3. The minimum atomic E-state index is -3.42. The summed E-state index contributed by atoms with van der Waals surface area (Å²) in [6.07, 6.45) is 4.30. The molecule has 1 heterocycles. The first-order valence-corrected chi connectivity index (χ1v) is 10.9. The van der Waals surface area contributed by atoms with Crippen LogP contribution in [0.15, 0.2) is 60.7 Å². The molecule has 4 aromatic rings. The van der Waals surface area contributed by atoms with E-state index in [2.05, 4.69) is 14.7 Å². The van der Waals surface area contributed by atoms with Crippen molar-refractivity contribution in [1.82, 2.24) is 9.97 Å². The fourth-order valence-electron chi connectivity index (χ4n) is 3.14. The van der Waals surface area contributed by atoms with Crippen LogP contribution in [0.25, 0.3) is 34.3 Å². The van der Waals surface area contributed by atoms with E-state index in [4.69, 9.17) is 0 Å². The summed E-state index contributed by atoms with van der Waals surface area (Å²) >= 11 is 0. The van der Waals surface area contributed by atoms with E-state index in [0.717, 1.165) is 29.0 Å². The first-order valence-electron chi connectivity index (χ1n) is 8.98. The molecule has 0 fully saturated rings. The average molecular weight is 425 g/mol. The van der Waals surface area contributed by atoms with Crippen LogP contribution in [0.3, 0.4) is 0 Å². The van der Waals surface area contributed by atoms with Crippen molar-refractivity contribution in [2.75, 3.05) is 11.0 Å². The van der Waals surface area contributed by atoms with E-state index in [0.29, 0.717) is 22.6 Å². The van der Waals surface area contributed by atoms with Gasteiger partial charge in [0.15, 0.2) is 0 Å². The number of rotatable bonds is 5. The van der Waals surface area contributed by atoms with Gasteiger partial charge >= 0.3 is 0 Å². The van der Waals surface area contributed by atoms with Crippen LogP contribution in [0, 0.1) is 11.6 Å². The van der Waals surface area contributed by atoms with E-state index < -0.39 is 21.7 Å². The summed E-state index contributed by atoms with van der Waals surface area (Å²) in [4.78, 5) is 7.62. The van der Waals surface area contributed by atoms with E-state index >= 15 is 0 Å². The number of benzene rings is 3. The summed E-state index contributed by atoms with van der Waals surface area (Å²) in [6, 6.07) is 15.9. The third-order valence-corrected chi connectivity index (χ3v) is 4.94. The Morgan fingerprint density at radius 3 is 2.43 bits per heavy atom. The maximum absolute atomic E-state index is 13.3. The van der Waals surface area contributed by atoms with E-state index in [1.807, 2.05) is 30.3 Å². The van der Waals surface area contributed by atoms with Gasteiger partial charge in [0.1, 0.15) is 17.5 Å². The monoisotopic (exact) mass is 425 g/mol. The lowest BCUT2D eigenvalue weighted by atomic mass is 10.0. The van der Waals surface area contributed by atoms with Gasteiger partial charge in [-0.3, -0.25) is 4.72 Å². The van der Waals surface area contributed by atoms with Crippen LogP contribution in [0.5, 0.6) is 0 Å². The third kappa shape index (κ3) is 4.55. The molecule has 30 heavy (non-hydrogen) atoms. The quantitative estimate of drug-likeness (QED) is 0.470. The van der Waals surface area contributed by atoms with Crippen LogP contribution >= 0.6 is 0 Å². The molecule has 0 unspecified atom stereocenters. The number of nitrogens with zero attached hydrogens (tertiary/aromatic N) is 1. The maximum atomic E-state index is 13.3. The molecule has 0 aliphatic carbocycles. The molecule has 0 aliphatic heterocycles. The number of fused-ring (bicyclic) bond motifs is 1. The lowest BCUT2D eigenvalue weighted by molar-refractivity contribution is 0.583. The van der Waals surface area contributed by atoms with Crippen molar-refractivity contribution in [3.05, 3.63) is 83.7 Å². The maximum Gasteiger partial charge on any atom is 0.229 e. The molecule has 4 rings (SSSR count). The van der Waals surface area contributed by atoms with Crippen LogP contribution in [-0.2, 0) is 10.0 Å². The molecular weight excluding hydrogens is 408 g/mol. The van der Waals surface area contributed by atoms with Gasteiger partial charge < -0.3 is 4.98 Å². The fourth-order valence-corrected chi connectivity index (χ4v) is 3.72. The lowest BCUT2D eigenvalue weighted by Crippen LogP contribution is -2.10. The number of hydrogen-bond donors (Lipinski definition) is 2. The summed E-state index contributed by atoms with van der Waals surface area (Å²) in [5, 5.41) is 0. The highest BCUT2D eigenvalue weighted by Gasteiger charge is 2.10. The highest BCUT2D eigenvalue weighted by Crippen LogP contribution is 2.30. The summed E-state index contributed by atoms with van der Waals surface area (Å²) in [5.41, 5.74) is 3.82. The van der Waals surface area contributed by atoms with Gasteiger partial charge in [-0.25, -0.2) is 22.2 Å². The Balaban J connectivity index is 1.68. The molecular formula is C22H17F2N3O2S. The molecule has 1 aromatic heterocycles. The molecule has 0 aliphatic rings. The number of nitrogens with one attached hydrogen (secondary N) is 2. The summed E-state index contributed by atoms with van der Waals surface area (Å²) in [5.74, 6) is -0.773. The second kappa shape index (κ2) is 7.72. The largest absolute Gasteiger partial charge is 0.338 e. The van der Waals surface area contributed by atoms with Crippen molar-refractivity contribution in [3.63, 3.8) is 0 Å². The normalized spacial score (nSPS) is 12.0. The topological polar surface area (TPSA) is 74.8 Å². The Kier molecular flexibility index (Phi) is 5.09. The molecule has 0 amide bonds. The van der Waals surface area contributed by atoms with E-state index in [-0.39, 0.29) is 0 Å². The van der Waals surface area contributed by atoms with Gasteiger partial charge in [0, 0.05) is 11.6 Å². The van der Waals surface area contributed by atoms with Crippen LogP contribution in [0.4, 0.5) is 14.5 Å². The van der Waals surface area contributed by atoms with Gasteiger partial charge in [-0.05, 0) is 47.5 Å². The highest BCUT2D eigenvalue weighted by molar-refractivity contribution is 7.92.